The number of carbonyl (C=O) groups excluding carboxylic acids is 4. The third-order valence-electron chi connectivity index (χ3n) is 16.6. The van der Waals surface area contributed by atoms with Gasteiger partial charge in [0, 0.05) is 25.7 Å². The van der Waals surface area contributed by atoms with Crippen LogP contribution in [-0.4, -0.2) is 96.7 Å². The van der Waals surface area contributed by atoms with Gasteiger partial charge in [0.25, 0.3) is 0 Å². The molecule has 0 heterocycles. The normalized spacial score (nSPS) is 14.4. The molecule has 89 heavy (non-hydrogen) atoms. The van der Waals surface area contributed by atoms with Gasteiger partial charge in [0.1, 0.15) is 19.3 Å². The van der Waals surface area contributed by atoms with Gasteiger partial charge >= 0.3 is 39.5 Å². The lowest BCUT2D eigenvalue weighted by molar-refractivity contribution is -0.161. The molecule has 0 amide bonds. The van der Waals surface area contributed by atoms with E-state index < -0.39 is 97.5 Å². The first kappa shape index (κ1) is 87.1. The van der Waals surface area contributed by atoms with Crippen molar-refractivity contribution in [2.45, 2.75) is 374 Å². The molecule has 0 aliphatic carbocycles. The summed E-state index contributed by atoms with van der Waals surface area (Å²) in [6, 6.07) is 0. The Hall–Kier alpha value is -1.94. The van der Waals surface area contributed by atoms with Crippen molar-refractivity contribution < 1.29 is 80.2 Å². The van der Waals surface area contributed by atoms with Crippen LogP contribution < -0.4 is 0 Å². The first-order chi connectivity index (χ1) is 42.9. The predicted molar refractivity (Wildman–Crippen MR) is 358 cm³/mol. The highest BCUT2D eigenvalue weighted by molar-refractivity contribution is 7.47. The fourth-order valence-electron chi connectivity index (χ4n) is 10.6. The predicted octanol–water partition coefficient (Wildman–Crippen LogP) is 20.0. The van der Waals surface area contributed by atoms with E-state index in [-0.39, 0.29) is 25.7 Å². The van der Waals surface area contributed by atoms with E-state index in [0.717, 1.165) is 108 Å². The van der Waals surface area contributed by atoms with E-state index in [2.05, 4.69) is 41.5 Å². The smallest absolute Gasteiger partial charge is 0.462 e. The summed E-state index contributed by atoms with van der Waals surface area (Å²) in [7, 11) is -9.89. The summed E-state index contributed by atoms with van der Waals surface area (Å²) in [6.45, 7) is 9.46. The molecular formula is C70H136O17P2. The Kier molecular flexibility index (Phi) is 60.8. The number of aliphatic hydroxyl groups excluding tert-OH is 1. The number of hydrogen-bond donors (Lipinski definition) is 3. The first-order valence-electron chi connectivity index (χ1n) is 36.5. The number of esters is 4. The Morgan fingerprint density at radius 1 is 0.326 bits per heavy atom. The Bertz CT molecular complexity index is 1740. The summed E-state index contributed by atoms with van der Waals surface area (Å²) < 4.78 is 68.1. The lowest BCUT2D eigenvalue weighted by Gasteiger charge is -2.21. The van der Waals surface area contributed by atoms with E-state index in [0.29, 0.717) is 25.7 Å². The SMILES string of the molecule is CCCCCCCCCCCCCCCCCCCCC(=O)O[C@H](COC(=O)CCCCCCCCCCCCC(C)CC)COP(=O)(O)OC[C@@H](O)COP(=O)(O)OC[C@@H](COC(=O)CCCCCCC)OC(=O)CCCCCCCCCCCC(C)C. The average molecular weight is 1310 g/mol. The first-order valence-corrected chi connectivity index (χ1v) is 39.5. The molecule has 17 nitrogen and oxygen atoms in total. The maximum Gasteiger partial charge on any atom is 0.472 e. The number of phosphoric acid groups is 2. The number of rotatable bonds is 69. The van der Waals surface area contributed by atoms with Crippen LogP contribution in [0.4, 0.5) is 0 Å². The third kappa shape index (κ3) is 63.2. The molecule has 0 aliphatic heterocycles. The molecule has 528 valence electrons. The van der Waals surface area contributed by atoms with Crippen LogP contribution in [0.2, 0.25) is 0 Å². The van der Waals surface area contributed by atoms with Gasteiger partial charge in [0.05, 0.1) is 26.4 Å². The van der Waals surface area contributed by atoms with Gasteiger partial charge in [-0.1, -0.05) is 305 Å². The van der Waals surface area contributed by atoms with Crippen LogP contribution in [0.5, 0.6) is 0 Å². The van der Waals surface area contributed by atoms with Gasteiger partial charge in [-0.25, -0.2) is 9.13 Å². The van der Waals surface area contributed by atoms with Crippen LogP contribution in [0.15, 0.2) is 0 Å². The van der Waals surface area contributed by atoms with Crippen molar-refractivity contribution in [3.8, 4) is 0 Å². The van der Waals surface area contributed by atoms with Gasteiger partial charge in [0.2, 0.25) is 0 Å². The van der Waals surface area contributed by atoms with Crippen molar-refractivity contribution >= 4 is 39.5 Å². The summed E-state index contributed by atoms with van der Waals surface area (Å²) in [5.41, 5.74) is 0. The monoisotopic (exact) mass is 1310 g/mol. The van der Waals surface area contributed by atoms with Crippen LogP contribution in [0.3, 0.4) is 0 Å². The molecule has 0 aromatic heterocycles. The van der Waals surface area contributed by atoms with Gasteiger partial charge in [-0.15, -0.1) is 0 Å². The molecule has 0 radical (unpaired) electrons. The summed E-state index contributed by atoms with van der Waals surface area (Å²) in [6.07, 6.45) is 47.6. The van der Waals surface area contributed by atoms with Crippen molar-refractivity contribution in [3.05, 3.63) is 0 Å². The largest absolute Gasteiger partial charge is 0.472 e. The van der Waals surface area contributed by atoms with E-state index in [1.807, 2.05) is 0 Å². The lowest BCUT2D eigenvalue weighted by atomic mass is 9.99. The molecule has 0 aliphatic rings. The fourth-order valence-corrected chi connectivity index (χ4v) is 12.1. The summed E-state index contributed by atoms with van der Waals surface area (Å²) in [4.78, 5) is 72.3. The second-order valence-electron chi connectivity index (χ2n) is 26.0. The van der Waals surface area contributed by atoms with E-state index in [1.165, 1.54) is 167 Å². The number of hydrogen-bond acceptors (Lipinski definition) is 15. The molecule has 0 aromatic carbocycles. The minimum Gasteiger partial charge on any atom is -0.462 e. The molecule has 0 rings (SSSR count). The van der Waals surface area contributed by atoms with Gasteiger partial charge < -0.3 is 33.8 Å². The van der Waals surface area contributed by atoms with Crippen LogP contribution in [-0.2, 0) is 65.4 Å². The number of unbranched alkanes of at least 4 members (excludes halogenated alkanes) is 38. The second-order valence-corrected chi connectivity index (χ2v) is 28.9. The lowest BCUT2D eigenvalue weighted by Crippen LogP contribution is -2.30. The molecule has 3 N–H and O–H groups in total. The standard InChI is InChI=1S/C70H136O17P2/c1-7-10-12-14-15-16-17-18-19-20-21-22-23-24-31-36-42-48-54-69(74)87-66(59-81-68(73)53-47-41-35-30-26-25-29-34-40-45-51-63(6)9-3)61-85-89(78,79)83-57-64(71)56-82-88(76,77)84-60-65(58-80-67(72)52-46-38-13-11-8-2)86-70(75)55-49-43-37-32-27-28-33-39-44-50-62(4)5/h62-66,71H,7-61H2,1-6H3,(H,76,77)(H,78,79)/t63?,64-,65+,66+/m0/s1. The topological polar surface area (TPSA) is 237 Å². The zero-order valence-corrected chi connectivity index (χ0v) is 59.5. The molecule has 3 unspecified atom stereocenters. The molecule has 19 heteroatoms. The zero-order chi connectivity index (χ0) is 65.7. The van der Waals surface area contributed by atoms with E-state index in [9.17, 15) is 43.2 Å². The Balaban J connectivity index is 5.16. The van der Waals surface area contributed by atoms with Crippen molar-refractivity contribution in [1.29, 1.82) is 0 Å². The summed E-state index contributed by atoms with van der Waals surface area (Å²) in [5.74, 6) is -0.589. The molecule has 0 aromatic rings. The minimum atomic E-state index is -4.95. The van der Waals surface area contributed by atoms with Crippen molar-refractivity contribution in [1.82, 2.24) is 0 Å². The Morgan fingerprint density at radius 3 is 0.854 bits per heavy atom. The van der Waals surface area contributed by atoms with E-state index in [4.69, 9.17) is 37.0 Å². The quantitative estimate of drug-likeness (QED) is 0.0222. The minimum absolute atomic E-state index is 0.104. The van der Waals surface area contributed by atoms with Gasteiger partial charge in [-0.05, 0) is 37.5 Å². The van der Waals surface area contributed by atoms with Crippen LogP contribution in [0.25, 0.3) is 0 Å². The molecule has 0 bridgehead atoms. The van der Waals surface area contributed by atoms with Gasteiger partial charge in [-0.3, -0.25) is 37.3 Å². The Morgan fingerprint density at radius 2 is 0.573 bits per heavy atom. The molecule has 0 saturated carbocycles. The molecule has 0 saturated heterocycles. The summed E-state index contributed by atoms with van der Waals surface area (Å²) >= 11 is 0. The van der Waals surface area contributed by atoms with Crippen LogP contribution >= 0.6 is 15.6 Å². The van der Waals surface area contributed by atoms with Gasteiger partial charge in [-0.2, -0.15) is 0 Å². The highest BCUT2D eigenvalue weighted by Crippen LogP contribution is 2.45. The number of phosphoric ester groups is 2. The van der Waals surface area contributed by atoms with Crippen LogP contribution in [0, 0.1) is 11.8 Å². The number of carbonyl (C=O) groups is 4. The summed E-state index contributed by atoms with van der Waals surface area (Å²) in [5, 5.41) is 10.6. The molecular weight excluding hydrogens is 1170 g/mol. The van der Waals surface area contributed by atoms with Crippen molar-refractivity contribution in [3.63, 3.8) is 0 Å². The number of aliphatic hydroxyl groups is 1. The van der Waals surface area contributed by atoms with E-state index in [1.54, 1.807) is 0 Å². The van der Waals surface area contributed by atoms with Crippen molar-refractivity contribution in [2.75, 3.05) is 39.6 Å². The second kappa shape index (κ2) is 62.2. The highest BCUT2D eigenvalue weighted by atomic mass is 31.2. The Labute approximate surface area is 543 Å². The maximum absolute atomic E-state index is 13.0. The fraction of sp³-hybridized carbons (Fsp3) is 0.943. The van der Waals surface area contributed by atoms with E-state index >= 15 is 0 Å². The molecule has 0 spiro atoms. The molecule has 0 fully saturated rings. The zero-order valence-electron chi connectivity index (χ0n) is 57.7. The van der Waals surface area contributed by atoms with Gasteiger partial charge in [0.15, 0.2) is 12.2 Å². The average Bonchev–Trinajstić information content (AvgIpc) is 3.71. The van der Waals surface area contributed by atoms with Crippen LogP contribution in [0.1, 0.15) is 356 Å². The third-order valence-corrected chi connectivity index (χ3v) is 18.5. The highest BCUT2D eigenvalue weighted by Gasteiger charge is 2.30. The molecule has 6 atom stereocenters. The van der Waals surface area contributed by atoms with Crippen molar-refractivity contribution in [2.24, 2.45) is 11.8 Å². The number of ether oxygens (including phenoxy) is 4. The maximum atomic E-state index is 13.0.